The van der Waals surface area contributed by atoms with Gasteiger partial charge in [-0.05, 0) is 13.8 Å². The van der Waals surface area contributed by atoms with Gasteiger partial charge in [-0.2, -0.15) is 0 Å². The smallest absolute Gasteiger partial charge is 0.317 e. The quantitative estimate of drug-likeness (QED) is 0.553. The summed E-state index contributed by atoms with van der Waals surface area (Å²) in [7, 11) is 0. The molecule has 0 aliphatic heterocycles. The van der Waals surface area contributed by atoms with E-state index in [9.17, 15) is 19.2 Å². The summed E-state index contributed by atoms with van der Waals surface area (Å²) in [6.07, 6.45) is -0.944. The van der Waals surface area contributed by atoms with Gasteiger partial charge in [0.1, 0.15) is 10.5 Å². The Morgan fingerprint density at radius 1 is 0.857 bits per heavy atom. The van der Waals surface area contributed by atoms with Crippen molar-refractivity contribution >= 4 is 35.6 Å². The number of rotatable bonds is 10. The second-order valence-corrected chi connectivity index (χ2v) is 5.22. The van der Waals surface area contributed by atoms with Gasteiger partial charge in [-0.25, -0.2) is 0 Å². The molecule has 0 aromatic rings. The number of carboxylic acid groups (broad SMARTS) is 2. The van der Waals surface area contributed by atoms with E-state index in [2.05, 4.69) is 9.47 Å². The van der Waals surface area contributed by atoms with Gasteiger partial charge < -0.3 is 19.7 Å². The maximum atomic E-state index is 11.3. The molecule has 2 atom stereocenters. The average Bonchev–Trinajstić information content (AvgIpc) is 2.37. The van der Waals surface area contributed by atoms with Crippen molar-refractivity contribution in [2.45, 2.75) is 37.2 Å². The van der Waals surface area contributed by atoms with Crippen LogP contribution in [0.5, 0.6) is 0 Å². The monoisotopic (exact) mass is 322 g/mol. The Morgan fingerprint density at radius 3 is 1.43 bits per heavy atom. The fraction of sp³-hybridized carbons (Fsp3) is 0.667. The lowest BCUT2D eigenvalue weighted by molar-refractivity contribution is -0.147. The average molecular weight is 322 g/mol. The van der Waals surface area contributed by atoms with Crippen molar-refractivity contribution in [2.75, 3.05) is 13.2 Å². The van der Waals surface area contributed by atoms with E-state index in [1.165, 1.54) is 0 Å². The molecular weight excluding hydrogens is 304 g/mol. The molecule has 0 amide bonds. The van der Waals surface area contributed by atoms with Crippen LogP contribution in [0.4, 0.5) is 0 Å². The van der Waals surface area contributed by atoms with E-state index in [1.54, 1.807) is 13.8 Å². The zero-order chi connectivity index (χ0) is 16.4. The van der Waals surface area contributed by atoms with Crippen LogP contribution in [-0.4, -0.2) is 57.8 Å². The Balaban J connectivity index is 4.75. The van der Waals surface area contributed by atoms with Crippen LogP contribution in [0.2, 0.25) is 0 Å². The second kappa shape index (κ2) is 10.0. The Bertz CT molecular complexity index is 359. The summed E-state index contributed by atoms with van der Waals surface area (Å²) in [5, 5.41) is 15.4. The highest BCUT2D eigenvalue weighted by atomic mass is 32.2. The molecule has 0 aromatic heterocycles. The van der Waals surface area contributed by atoms with Gasteiger partial charge >= 0.3 is 23.9 Å². The molecule has 0 aliphatic rings. The topological polar surface area (TPSA) is 127 Å². The molecule has 0 saturated heterocycles. The first-order chi connectivity index (χ1) is 9.81. The molecule has 2 unspecified atom stereocenters. The molecule has 0 heterocycles. The van der Waals surface area contributed by atoms with Crippen LogP contribution in [-0.2, 0) is 28.7 Å². The Morgan fingerprint density at radius 2 is 1.19 bits per heavy atom. The van der Waals surface area contributed by atoms with Crippen molar-refractivity contribution < 1.29 is 38.9 Å². The van der Waals surface area contributed by atoms with Crippen LogP contribution in [0.25, 0.3) is 0 Å². The van der Waals surface area contributed by atoms with Gasteiger partial charge in [0.15, 0.2) is 0 Å². The van der Waals surface area contributed by atoms with Gasteiger partial charge in [0.05, 0.1) is 26.1 Å². The second-order valence-electron chi connectivity index (χ2n) is 3.81. The van der Waals surface area contributed by atoms with Crippen LogP contribution >= 0.6 is 11.8 Å². The van der Waals surface area contributed by atoms with E-state index >= 15 is 0 Å². The fourth-order valence-corrected chi connectivity index (χ4v) is 2.42. The summed E-state index contributed by atoms with van der Waals surface area (Å²) in [4.78, 5) is 44.7. The molecule has 0 bridgehead atoms. The predicted molar refractivity (Wildman–Crippen MR) is 72.9 cm³/mol. The van der Waals surface area contributed by atoms with Gasteiger partial charge in [-0.15, -0.1) is 11.8 Å². The van der Waals surface area contributed by atoms with Gasteiger partial charge in [-0.3, -0.25) is 19.2 Å². The van der Waals surface area contributed by atoms with E-state index in [1.807, 2.05) is 0 Å². The number of thioether (sulfide) groups is 1. The van der Waals surface area contributed by atoms with Crippen LogP contribution in [0.15, 0.2) is 0 Å². The largest absolute Gasteiger partial charge is 0.480 e. The van der Waals surface area contributed by atoms with Crippen molar-refractivity contribution in [3.05, 3.63) is 0 Å². The molecule has 0 spiro atoms. The minimum Gasteiger partial charge on any atom is -0.480 e. The minimum atomic E-state index is -1.34. The lowest BCUT2D eigenvalue weighted by atomic mass is 10.3. The van der Waals surface area contributed by atoms with E-state index in [-0.39, 0.29) is 13.2 Å². The molecule has 0 aliphatic carbocycles. The van der Waals surface area contributed by atoms with Crippen molar-refractivity contribution in [2.24, 2.45) is 0 Å². The molecule has 8 nitrogen and oxygen atoms in total. The summed E-state index contributed by atoms with van der Waals surface area (Å²) < 4.78 is 9.26. The number of carbonyl (C=O) groups is 4. The molecule has 2 N–H and O–H groups in total. The Hall–Kier alpha value is -1.77. The summed E-state index contributed by atoms with van der Waals surface area (Å²) in [6, 6.07) is 0. The number of carbonyl (C=O) groups excluding carboxylic acids is 2. The highest BCUT2D eigenvalue weighted by Crippen LogP contribution is 2.24. The molecule has 0 aromatic carbocycles. The SMILES string of the molecule is CCOC(=O)CC(SC(CC(=O)OCC)C(=O)O)C(=O)O. The van der Waals surface area contributed by atoms with Crippen molar-refractivity contribution in [3.8, 4) is 0 Å². The third kappa shape index (κ3) is 8.18. The Labute approximate surface area is 125 Å². The van der Waals surface area contributed by atoms with Crippen molar-refractivity contribution in [3.63, 3.8) is 0 Å². The number of aliphatic carboxylic acids is 2. The predicted octanol–water partition coefficient (Wildman–Crippen LogP) is 0.532. The molecule has 0 saturated carbocycles. The lowest BCUT2D eigenvalue weighted by Crippen LogP contribution is -2.29. The molecule has 0 rings (SSSR count). The van der Waals surface area contributed by atoms with Gasteiger partial charge in [0.25, 0.3) is 0 Å². The van der Waals surface area contributed by atoms with Gasteiger partial charge in [0, 0.05) is 0 Å². The number of carboxylic acids is 2. The minimum absolute atomic E-state index is 0.0982. The fourth-order valence-electron chi connectivity index (χ4n) is 1.33. The van der Waals surface area contributed by atoms with Crippen LogP contribution in [0.1, 0.15) is 26.7 Å². The van der Waals surface area contributed by atoms with Crippen LogP contribution < -0.4 is 0 Å². The Kier molecular flexibility index (Phi) is 9.18. The van der Waals surface area contributed by atoms with Gasteiger partial charge in [-0.1, -0.05) is 0 Å². The maximum absolute atomic E-state index is 11.3. The molecular formula is C12H18O8S. The first-order valence-electron chi connectivity index (χ1n) is 6.24. The van der Waals surface area contributed by atoms with Crippen molar-refractivity contribution in [1.82, 2.24) is 0 Å². The number of hydrogen-bond donors (Lipinski definition) is 2. The lowest BCUT2D eigenvalue weighted by Gasteiger charge is -2.16. The standard InChI is InChI=1S/C12H18O8S/c1-3-19-9(13)5-7(11(15)16)21-8(12(17)18)6-10(14)20-4-2/h7-8H,3-6H2,1-2H3,(H,15,16)(H,17,18). The van der Waals surface area contributed by atoms with Crippen molar-refractivity contribution in [1.29, 1.82) is 0 Å². The molecule has 0 fully saturated rings. The third-order valence-electron chi connectivity index (χ3n) is 2.19. The van der Waals surface area contributed by atoms with Crippen LogP contribution in [0.3, 0.4) is 0 Å². The van der Waals surface area contributed by atoms with E-state index in [0.29, 0.717) is 11.8 Å². The first kappa shape index (κ1) is 19.2. The van der Waals surface area contributed by atoms with E-state index in [0.717, 1.165) is 0 Å². The zero-order valence-corrected chi connectivity index (χ0v) is 12.6. The zero-order valence-electron chi connectivity index (χ0n) is 11.7. The van der Waals surface area contributed by atoms with Gasteiger partial charge in [0.2, 0.25) is 0 Å². The summed E-state index contributed by atoms with van der Waals surface area (Å²) in [6.45, 7) is 3.34. The maximum Gasteiger partial charge on any atom is 0.317 e. The number of ether oxygens (including phenoxy) is 2. The number of hydrogen-bond acceptors (Lipinski definition) is 7. The third-order valence-corrected chi connectivity index (χ3v) is 3.59. The number of esters is 2. The summed E-state index contributed by atoms with van der Waals surface area (Å²) >= 11 is 0.514. The molecule has 21 heavy (non-hydrogen) atoms. The van der Waals surface area contributed by atoms with Crippen LogP contribution in [0, 0.1) is 0 Å². The normalized spacial score (nSPS) is 13.0. The molecule has 0 radical (unpaired) electrons. The highest BCUT2D eigenvalue weighted by Gasteiger charge is 2.31. The summed E-state index contributed by atoms with van der Waals surface area (Å²) in [5.41, 5.74) is 0. The molecule has 120 valence electrons. The first-order valence-corrected chi connectivity index (χ1v) is 7.18. The highest BCUT2D eigenvalue weighted by molar-refractivity contribution is 8.01. The van der Waals surface area contributed by atoms with E-state index < -0.39 is 47.2 Å². The van der Waals surface area contributed by atoms with E-state index in [4.69, 9.17) is 10.2 Å². The molecule has 9 heteroatoms. The summed E-state index contributed by atoms with van der Waals surface area (Å²) in [5.74, 6) is -4.17.